The number of allylic oxidation sites excluding steroid dienone is 1. The van der Waals surface area contributed by atoms with E-state index in [0.717, 1.165) is 50.2 Å². The molecular formula is C26H46N4O2. The highest BCUT2D eigenvalue weighted by molar-refractivity contribution is 5.90. The van der Waals surface area contributed by atoms with Crippen LogP contribution in [0.3, 0.4) is 0 Å². The van der Waals surface area contributed by atoms with Crippen molar-refractivity contribution in [2.75, 3.05) is 33.2 Å². The van der Waals surface area contributed by atoms with E-state index in [1.54, 1.807) is 4.90 Å². The van der Waals surface area contributed by atoms with Crippen LogP contribution in [0.4, 0.5) is 0 Å². The Morgan fingerprint density at radius 1 is 1.12 bits per heavy atom. The molecule has 6 heteroatoms. The van der Waals surface area contributed by atoms with E-state index in [1.807, 2.05) is 27.8 Å². The molecule has 2 aliphatic heterocycles. The van der Waals surface area contributed by atoms with E-state index in [1.165, 1.54) is 12.8 Å². The molecule has 2 amide bonds. The van der Waals surface area contributed by atoms with E-state index >= 15 is 0 Å². The van der Waals surface area contributed by atoms with Crippen molar-refractivity contribution >= 4 is 11.8 Å². The second kappa shape index (κ2) is 11.4. The number of amides is 2. The highest BCUT2D eigenvalue weighted by Crippen LogP contribution is 2.24. The Labute approximate surface area is 196 Å². The van der Waals surface area contributed by atoms with Gasteiger partial charge in [0.25, 0.3) is 0 Å². The summed E-state index contributed by atoms with van der Waals surface area (Å²) in [5.74, 6) is -0.0669. The largest absolute Gasteiger partial charge is 0.372 e. The van der Waals surface area contributed by atoms with Crippen LogP contribution in [-0.4, -0.2) is 77.9 Å². The van der Waals surface area contributed by atoms with E-state index in [-0.39, 0.29) is 23.3 Å². The molecule has 2 unspecified atom stereocenters. The van der Waals surface area contributed by atoms with Crippen LogP contribution in [0.2, 0.25) is 0 Å². The topological polar surface area (TPSA) is 55.9 Å². The zero-order chi connectivity index (χ0) is 24.1. The minimum atomic E-state index is -0.563. The van der Waals surface area contributed by atoms with Crippen LogP contribution in [0.5, 0.6) is 0 Å². The van der Waals surface area contributed by atoms with Crippen LogP contribution in [-0.2, 0) is 9.59 Å². The van der Waals surface area contributed by atoms with Gasteiger partial charge in [-0.15, -0.1) is 0 Å². The molecule has 6 nitrogen and oxygen atoms in total. The van der Waals surface area contributed by atoms with Gasteiger partial charge in [0.05, 0.1) is 6.04 Å². The Hall–Kier alpha value is -1.82. The van der Waals surface area contributed by atoms with Crippen molar-refractivity contribution in [3.05, 3.63) is 23.9 Å². The molecule has 182 valence electrons. The summed E-state index contributed by atoms with van der Waals surface area (Å²) in [6.07, 6.45) is 7.54. The highest BCUT2D eigenvalue weighted by atomic mass is 16.2. The number of hydrogen-bond acceptors (Lipinski definition) is 4. The lowest BCUT2D eigenvalue weighted by Gasteiger charge is -2.40. The van der Waals surface area contributed by atoms with Crippen molar-refractivity contribution in [2.24, 2.45) is 5.41 Å². The normalized spacial score (nSPS) is 21.6. The van der Waals surface area contributed by atoms with Gasteiger partial charge in [0.15, 0.2) is 0 Å². The number of carbonyl (C=O) groups excluding carboxylic acids is 2. The van der Waals surface area contributed by atoms with Gasteiger partial charge in [-0.05, 0) is 64.0 Å². The smallest absolute Gasteiger partial charge is 0.245 e. The maximum atomic E-state index is 13.4. The van der Waals surface area contributed by atoms with E-state index in [9.17, 15) is 9.59 Å². The molecule has 32 heavy (non-hydrogen) atoms. The third-order valence-electron chi connectivity index (χ3n) is 6.90. The molecule has 1 N–H and O–H groups in total. The molecule has 0 aliphatic carbocycles. The van der Waals surface area contributed by atoms with E-state index in [2.05, 4.69) is 48.5 Å². The molecule has 2 atom stereocenters. The van der Waals surface area contributed by atoms with Gasteiger partial charge in [-0.25, -0.2) is 0 Å². The summed E-state index contributed by atoms with van der Waals surface area (Å²) in [5.41, 5.74) is 1.78. The van der Waals surface area contributed by atoms with Gasteiger partial charge in [0, 0.05) is 38.4 Å². The Balaban J connectivity index is 2.06. The second-order valence-electron chi connectivity index (χ2n) is 10.9. The fraction of sp³-hybridized carbons (Fsp3) is 0.769. The molecule has 0 aromatic carbocycles. The Kier molecular flexibility index (Phi) is 9.38. The van der Waals surface area contributed by atoms with Crippen molar-refractivity contribution in [3.8, 4) is 0 Å². The maximum Gasteiger partial charge on any atom is 0.245 e. The van der Waals surface area contributed by atoms with Crippen molar-refractivity contribution in [1.29, 1.82) is 0 Å². The van der Waals surface area contributed by atoms with Crippen LogP contribution in [0.1, 0.15) is 73.6 Å². The van der Waals surface area contributed by atoms with Gasteiger partial charge in [-0.3, -0.25) is 14.5 Å². The molecule has 0 aromatic heterocycles. The molecule has 0 aromatic rings. The van der Waals surface area contributed by atoms with Crippen LogP contribution in [0, 0.1) is 5.41 Å². The second-order valence-corrected chi connectivity index (χ2v) is 10.9. The summed E-state index contributed by atoms with van der Waals surface area (Å²) in [6.45, 7) is 20.2. The number of nitrogens with zero attached hydrogens (tertiary/aromatic N) is 3. The van der Waals surface area contributed by atoms with Crippen molar-refractivity contribution in [2.45, 2.75) is 91.8 Å². The molecule has 0 radical (unpaired) electrons. The lowest BCUT2D eigenvalue weighted by Crippen LogP contribution is -2.59. The number of piperidine rings is 1. The minimum Gasteiger partial charge on any atom is -0.372 e. The molecular weight excluding hydrogens is 400 g/mol. The first-order chi connectivity index (χ1) is 14.9. The number of nitrogens with one attached hydrogen (secondary N) is 1. The first-order valence-electron chi connectivity index (χ1n) is 12.4. The van der Waals surface area contributed by atoms with E-state index in [0.29, 0.717) is 12.6 Å². The standard InChI is InChI=1S/C26H46N4O2/c1-19(2)30-17-10-9-13-22(30)24(31)27-23(26(5,6)7)25(32)28(8)18-14-20(3)21(4)29-15-11-12-16-29/h14,19,22-23H,4,9-13,15-18H2,1-3,5-8H3,(H,27,31)/b20-14+. The molecule has 2 saturated heterocycles. The summed E-state index contributed by atoms with van der Waals surface area (Å²) in [7, 11) is 1.82. The molecule has 2 fully saturated rings. The SMILES string of the molecule is C=C(/C(C)=C/CN(C)C(=O)C(NC(=O)C1CCCCN1C(C)C)C(C)(C)C)N1CCCC1. The average Bonchev–Trinajstić information content (AvgIpc) is 3.28. The molecule has 0 saturated carbocycles. The summed E-state index contributed by atoms with van der Waals surface area (Å²) in [4.78, 5) is 32.9. The van der Waals surface area contributed by atoms with E-state index < -0.39 is 6.04 Å². The fourth-order valence-electron chi connectivity index (χ4n) is 4.68. The van der Waals surface area contributed by atoms with Gasteiger partial charge in [0.2, 0.25) is 11.8 Å². The predicted molar refractivity (Wildman–Crippen MR) is 132 cm³/mol. The average molecular weight is 447 g/mol. The number of rotatable bonds is 8. The quantitative estimate of drug-likeness (QED) is 0.576. The first kappa shape index (κ1) is 26.4. The summed E-state index contributed by atoms with van der Waals surface area (Å²) in [5, 5.41) is 3.13. The summed E-state index contributed by atoms with van der Waals surface area (Å²) >= 11 is 0. The van der Waals surface area contributed by atoms with Crippen LogP contribution < -0.4 is 5.32 Å². The monoisotopic (exact) mass is 446 g/mol. The van der Waals surface area contributed by atoms with Crippen molar-refractivity contribution in [3.63, 3.8) is 0 Å². The number of likely N-dealkylation sites (N-methyl/N-ethyl adjacent to an activating group) is 1. The molecule has 2 aliphatic rings. The van der Waals surface area contributed by atoms with Crippen LogP contribution >= 0.6 is 0 Å². The predicted octanol–water partition coefficient (Wildman–Crippen LogP) is 3.79. The first-order valence-corrected chi connectivity index (χ1v) is 12.4. The van der Waals surface area contributed by atoms with E-state index in [4.69, 9.17) is 0 Å². The molecule has 0 spiro atoms. The van der Waals surface area contributed by atoms with Gasteiger partial charge >= 0.3 is 0 Å². The fourth-order valence-corrected chi connectivity index (χ4v) is 4.68. The number of carbonyl (C=O) groups is 2. The lowest BCUT2D eigenvalue weighted by molar-refractivity contribution is -0.140. The third kappa shape index (κ3) is 6.84. The number of hydrogen-bond donors (Lipinski definition) is 1. The molecule has 2 heterocycles. The Morgan fingerprint density at radius 2 is 1.72 bits per heavy atom. The highest BCUT2D eigenvalue weighted by Gasteiger charge is 2.38. The zero-order valence-corrected chi connectivity index (χ0v) is 21.5. The van der Waals surface area contributed by atoms with Gasteiger partial charge in [0.1, 0.15) is 6.04 Å². The van der Waals surface area contributed by atoms with Crippen molar-refractivity contribution < 1.29 is 9.59 Å². The van der Waals surface area contributed by atoms with Crippen molar-refractivity contribution in [1.82, 2.24) is 20.0 Å². The van der Waals surface area contributed by atoms with Crippen LogP contribution in [0.15, 0.2) is 23.9 Å². The number of likely N-dealkylation sites (tertiary alicyclic amines) is 2. The maximum absolute atomic E-state index is 13.4. The third-order valence-corrected chi connectivity index (χ3v) is 6.90. The Morgan fingerprint density at radius 3 is 2.28 bits per heavy atom. The summed E-state index contributed by atoms with van der Waals surface area (Å²) < 4.78 is 0. The zero-order valence-electron chi connectivity index (χ0n) is 21.5. The van der Waals surface area contributed by atoms with Gasteiger partial charge in [-0.1, -0.05) is 39.8 Å². The molecule has 0 bridgehead atoms. The minimum absolute atomic E-state index is 0.0193. The van der Waals surface area contributed by atoms with Gasteiger partial charge in [-0.2, -0.15) is 0 Å². The van der Waals surface area contributed by atoms with Crippen LogP contribution in [0.25, 0.3) is 0 Å². The molecule has 2 rings (SSSR count). The lowest BCUT2D eigenvalue weighted by atomic mass is 9.85. The Bertz CT molecular complexity index is 701. The summed E-state index contributed by atoms with van der Waals surface area (Å²) in [6, 6.07) is -0.404. The van der Waals surface area contributed by atoms with Gasteiger partial charge < -0.3 is 15.1 Å².